The lowest BCUT2D eigenvalue weighted by atomic mass is 10.1. The van der Waals surface area contributed by atoms with Crippen LogP contribution in [0.1, 0.15) is 63.6 Å². The van der Waals surface area contributed by atoms with Gasteiger partial charge in [-0.2, -0.15) is 5.10 Å². The summed E-state index contributed by atoms with van der Waals surface area (Å²) in [5.74, 6) is -1.65. The SMILES string of the molecule is CCc1cc(C(O)N2CCCCC[C@H]2C)nc2cc(-c3ccc(N4CC[C@H](C(=O)O)C4)cc3F)nn12. The van der Waals surface area contributed by atoms with Gasteiger partial charge in [0.25, 0.3) is 0 Å². The van der Waals surface area contributed by atoms with Crippen LogP contribution in [0.2, 0.25) is 0 Å². The zero-order chi connectivity index (χ0) is 25.4. The molecule has 0 radical (unpaired) electrons. The minimum Gasteiger partial charge on any atom is -0.481 e. The molecule has 0 amide bonds. The van der Waals surface area contributed by atoms with Crippen molar-refractivity contribution in [3.05, 3.63) is 47.5 Å². The van der Waals surface area contributed by atoms with Crippen molar-refractivity contribution < 1.29 is 19.4 Å². The quantitative estimate of drug-likeness (QED) is 0.528. The maximum Gasteiger partial charge on any atom is 0.308 e. The topological polar surface area (TPSA) is 94.2 Å². The Kier molecular flexibility index (Phi) is 6.94. The van der Waals surface area contributed by atoms with Gasteiger partial charge in [0.1, 0.15) is 5.82 Å². The van der Waals surface area contributed by atoms with Crippen LogP contribution in [0, 0.1) is 11.7 Å². The van der Waals surface area contributed by atoms with Crippen molar-refractivity contribution in [3.8, 4) is 11.3 Å². The second-order valence-corrected chi connectivity index (χ2v) is 10.1. The number of carboxylic acid groups (broad SMARTS) is 1. The highest BCUT2D eigenvalue weighted by Gasteiger charge is 2.29. The molecule has 2 aliphatic rings. The third-order valence-electron chi connectivity index (χ3n) is 7.70. The van der Waals surface area contributed by atoms with E-state index in [9.17, 15) is 15.0 Å². The van der Waals surface area contributed by atoms with Crippen molar-refractivity contribution in [1.29, 1.82) is 0 Å². The molecule has 1 aromatic carbocycles. The van der Waals surface area contributed by atoms with E-state index in [1.807, 2.05) is 24.0 Å². The lowest BCUT2D eigenvalue weighted by Crippen LogP contribution is -2.36. The smallest absolute Gasteiger partial charge is 0.308 e. The first-order valence-electron chi connectivity index (χ1n) is 13.0. The molecule has 0 spiro atoms. The van der Waals surface area contributed by atoms with E-state index < -0.39 is 23.9 Å². The van der Waals surface area contributed by atoms with Crippen LogP contribution in [0.25, 0.3) is 16.9 Å². The van der Waals surface area contributed by atoms with Gasteiger partial charge < -0.3 is 15.1 Å². The summed E-state index contributed by atoms with van der Waals surface area (Å²) in [7, 11) is 0. The molecule has 1 unspecified atom stereocenters. The number of likely N-dealkylation sites (tertiary alicyclic amines) is 1. The van der Waals surface area contributed by atoms with E-state index in [0.29, 0.717) is 54.2 Å². The van der Waals surface area contributed by atoms with Gasteiger partial charge in [-0.1, -0.05) is 19.8 Å². The number of rotatable bonds is 6. The first-order chi connectivity index (χ1) is 17.4. The van der Waals surface area contributed by atoms with Gasteiger partial charge in [0.15, 0.2) is 11.9 Å². The zero-order valence-electron chi connectivity index (χ0n) is 20.9. The highest BCUT2D eigenvalue weighted by molar-refractivity contribution is 5.73. The van der Waals surface area contributed by atoms with Gasteiger partial charge >= 0.3 is 5.97 Å². The Morgan fingerprint density at radius 1 is 1.17 bits per heavy atom. The van der Waals surface area contributed by atoms with Gasteiger partial charge in [-0.3, -0.25) is 9.69 Å². The van der Waals surface area contributed by atoms with E-state index in [1.165, 1.54) is 18.9 Å². The highest BCUT2D eigenvalue weighted by Crippen LogP contribution is 2.31. The zero-order valence-corrected chi connectivity index (χ0v) is 20.9. The molecule has 3 atom stereocenters. The van der Waals surface area contributed by atoms with Crippen molar-refractivity contribution in [3.63, 3.8) is 0 Å². The Hall–Kier alpha value is -3.04. The lowest BCUT2D eigenvalue weighted by molar-refractivity contribution is -0.140. The van der Waals surface area contributed by atoms with Crippen molar-refractivity contribution in [1.82, 2.24) is 19.5 Å². The molecule has 192 valence electrons. The summed E-state index contributed by atoms with van der Waals surface area (Å²) in [6, 6.07) is 8.90. The number of nitrogens with zero attached hydrogens (tertiary/aromatic N) is 5. The third kappa shape index (κ3) is 4.69. The summed E-state index contributed by atoms with van der Waals surface area (Å²) in [5, 5.41) is 25.1. The normalized spacial score (nSPS) is 22.2. The first-order valence-corrected chi connectivity index (χ1v) is 13.0. The average molecular weight is 496 g/mol. The molecule has 9 heteroatoms. The molecule has 3 aromatic rings. The Bertz CT molecular complexity index is 1260. The fraction of sp³-hybridized carbons (Fsp3) is 0.519. The first kappa shape index (κ1) is 24.6. The summed E-state index contributed by atoms with van der Waals surface area (Å²) in [6.45, 7) is 5.99. The van der Waals surface area contributed by atoms with Crippen molar-refractivity contribution >= 4 is 17.3 Å². The third-order valence-corrected chi connectivity index (χ3v) is 7.70. The van der Waals surface area contributed by atoms with E-state index in [4.69, 9.17) is 4.98 Å². The van der Waals surface area contributed by atoms with E-state index in [0.717, 1.165) is 25.1 Å². The van der Waals surface area contributed by atoms with Crippen LogP contribution < -0.4 is 4.90 Å². The summed E-state index contributed by atoms with van der Waals surface area (Å²) < 4.78 is 17.0. The van der Waals surface area contributed by atoms with Gasteiger partial charge in [0.05, 0.1) is 17.3 Å². The fourth-order valence-corrected chi connectivity index (χ4v) is 5.51. The number of aliphatic hydroxyl groups is 1. The van der Waals surface area contributed by atoms with Gasteiger partial charge in [-0.05, 0) is 56.9 Å². The maximum absolute atomic E-state index is 15.2. The number of fused-ring (bicyclic) bond motifs is 1. The number of hydrogen-bond acceptors (Lipinski definition) is 6. The minimum absolute atomic E-state index is 0.278. The van der Waals surface area contributed by atoms with Gasteiger partial charge in [-0.25, -0.2) is 13.9 Å². The van der Waals surface area contributed by atoms with E-state index in [1.54, 1.807) is 16.6 Å². The molecular weight excluding hydrogens is 461 g/mol. The number of carbonyl (C=O) groups is 1. The van der Waals surface area contributed by atoms with Crippen LogP contribution >= 0.6 is 0 Å². The van der Waals surface area contributed by atoms with Crippen LogP contribution in [0.3, 0.4) is 0 Å². The number of aliphatic hydroxyl groups excluding tert-OH is 1. The Morgan fingerprint density at radius 3 is 2.72 bits per heavy atom. The van der Waals surface area contributed by atoms with E-state index >= 15 is 4.39 Å². The molecule has 0 bridgehead atoms. The number of hydrogen-bond donors (Lipinski definition) is 2. The monoisotopic (exact) mass is 495 g/mol. The fourth-order valence-electron chi connectivity index (χ4n) is 5.51. The predicted octanol–water partition coefficient (Wildman–Crippen LogP) is 4.26. The van der Waals surface area contributed by atoms with Gasteiger partial charge in [0.2, 0.25) is 0 Å². The maximum atomic E-state index is 15.2. The van der Waals surface area contributed by atoms with Crippen molar-refractivity contribution in [2.45, 2.75) is 64.6 Å². The predicted molar refractivity (Wildman–Crippen MR) is 135 cm³/mol. The summed E-state index contributed by atoms with van der Waals surface area (Å²) in [5.41, 5.74) is 3.58. The molecule has 0 aliphatic carbocycles. The number of carboxylic acids is 1. The molecule has 2 aromatic heterocycles. The van der Waals surface area contributed by atoms with Crippen LogP contribution in [0.15, 0.2) is 30.3 Å². The van der Waals surface area contributed by atoms with E-state index in [2.05, 4.69) is 16.9 Å². The lowest BCUT2D eigenvalue weighted by Gasteiger charge is -2.31. The summed E-state index contributed by atoms with van der Waals surface area (Å²) in [4.78, 5) is 20.0. The summed E-state index contributed by atoms with van der Waals surface area (Å²) >= 11 is 0. The summed E-state index contributed by atoms with van der Waals surface area (Å²) in [6.07, 6.45) is 4.92. The second-order valence-electron chi connectivity index (χ2n) is 10.1. The van der Waals surface area contributed by atoms with Crippen molar-refractivity contribution in [2.24, 2.45) is 5.92 Å². The Labute approximate surface area is 210 Å². The molecular formula is C27H34FN5O3. The minimum atomic E-state index is -0.812. The molecule has 4 heterocycles. The number of aromatic nitrogens is 3. The van der Waals surface area contributed by atoms with E-state index in [-0.39, 0.29) is 6.04 Å². The molecule has 36 heavy (non-hydrogen) atoms. The average Bonchev–Trinajstić information content (AvgIpc) is 3.47. The number of benzene rings is 1. The number of aliphatic carboxylic acids is 1. The van der Waals surface area contributed by atoms with Crippen molar-refractivity contribution in [2.75, 3.05) is 24.5 Å². The highest BCUT2D eigenvalue weighted by atomic mass is 19.1. The molecule has 8 nitrogen and oxygen atoms in total. The van der Waals surface area contributed by atoms with Crippen LogP contribution in [0.4, 0.5) is 10.1 Å². The molecule has 2 aliphatic heterocycles. The second kappa shape index (κ2) is 10.1. The van der Waals surface area contributed by atoms with Crippen LogP contribution in [-0.2, 0) is 11.2 Å². The number of aryl methyl sites for hydroxylation is 1. The van der Waals surface area contributed by atoms with Crippen LogP contribution in [-0.4, -0.2) is 61.4 Å². The standard InChI is InChI=1S/C27H34FN5O3/c1-3-19-14-24(26(34)32-11-6-4-5-7-17(32)2)29-25-15-23(30-33(19)25)21-9-8-20(13-22(21)28)31-12-10-18(16-31)27(35)36/h8-9,13-15,17-18,26,34H,3-7,10-12,16H2,1-2H3,(H,35,36)/t17-,18+,26?/m1/s1. The molecule has 0 saturated carbocycles. The molecule has 2 fully saturated rings. The largest absolute Gasteiger partial charge is 0.481 e. The number of halogens is 1. The molecule has 2 saturated heterocycles. The van der Waals surface area contributed by atoms with Gasteiger partial charge in [0, 0.05) is 48.7 Å². The van der Waals surface area contributed by atoms with Gasteiger partial charge in [-0.15, -0.1) is 0 Å². The Morgan fingerprint density at radius 2 is 2.00 bits per heavy atom. The molecule has 5 rings (SSSR count). The van der Waals surface area contributed by atoms with Crippen LogP contribution in [0.5, 0.6) is 0 Å². The Balaban J connectivity index is 1.44. The molecule has 2 N–H and O–H groups in total. The number of anilines is 1.